The SMILES string of the molecule is CCCN1CCC(=O)/C(=C/c2cccc(OC)c2OCC)C1. The van der Waals surface area contributed by atoms with Gasteiger partial charge in [-0.15, -0.1) is 0 Å². The minimum Gasteiger partial charge on any atom is -0.493 e. The zero-order valence-electron chi connectivity index (χ0n) is 13.7. The monoisotopic (exact) mass is 303 g/mol. The number of nitrogens with zero attached hydrogens (tertiary/aromatic N) is 1. The molecule has 0 saturated carbocycles. The molecule has 0 atom stereocenters. The van der Waals surface area contributed by atoms with Crippen LogP contribution in [0.5, 0.6) is 11.5 Å². The molecule has 4 heteroatoms. The predicted octanol–water partition coefficient (Wildman–Crippen LogP) is 3.16. The van der Waals surface area contributed by atoms with Gasteiger partial charge < -0.3 is 9.47 Å². The molecule has 1 aliphatic rings. The maximum absolute atomic E-state index is 12.2. The van der Waals surface area contributed by atoms with Crippen molar-refractivity contribution in [3.63, 3.8) is 0 Å². The molecule has 0 aliphatic carbocycles. The number of para-hydroxylation sites is 1. The molecular weight excluding hydrogens is 278 g/mol. The number of carbonyl (C=O) groups is 1. The largest absolute Gasteiger partial charge is 0.493 e. The second-order valence-electron chi connectivity index (χ2n) is 5.43. The third-order valence-corrected chi connectivity index (χ3v) is 3.79. The number of hydrogen-bond donors (Lipinski definition) is 0. The maximum Gasteiger partial charge on any atom is 0.168 e. The highest BCUT2D eigenvalue weighted by Crippen LogP contribution is 2.33. The lowest BCUT2D eigenvalue weighted by molar-refractivity contribution is -0.117. The van der Waals surface area contributed by atoms with Crippen molar-refractivity contribution in [3.8, 4) is 11.5 Å². The van der Waals surface area contributed by atoms with E-state index < -0.39 is 0 Å². The summed E-state index contributed by atoms with van der Waals surface area (Å²) in [6.07, 6.45) is 3.66. The van der Waals surface area contributed by atoms with Gasteiger partial charge >= 0.3 is 0 Å². The van der Waals surface area contributed by atoms with Gasteiger partial charge in [-0.3, -0.25) is 9.69 Å². The number of Topliss-reactive ketones (excluding diaryl/α,β-unsaturated/α-hetero) is 1. The van der Waals surface area contributed by atoms with Crippen molar-refractivity contribution in [2.24, 2.45) is 0 Å². The Morgan fingerprint density at radius 2 is 2.14 bits per heavy atom. The van der Waals surface area contributed by atoms with Crippen LogP contribution in [-0.2, 0) is 4.79 Å². The number of ketones is 1. The lowest BCUT2D eigenvalue weighted by atomic mass is 9.99. The minimum atomic E-state index is 0.234. The molecule has 0 spiro atoms. The average molecular weight is 303 g/mol. The van der Waals surface area contributed by atoms with Crippen LogP contribution >= 0.6 is 0 Å². The van der Waals surface area contributed by atoms with Gasteiger partial charge in [-0.25, -0.2) is 0 Å². The van der Waals surface area contributed by atoms with Crippen LogP contribution < -0.4 is 9.47 Å². The molecular formula is C18H25NO3. The molecule has 0 aromatic heterocycles. The Kier molecular flexibility index (Phi) is 6.01. The van der Waals surface area contributed by atoms with Crippen molar-refractivity contribution in [3.05, 3.63) is 29.3 Å². The molecule has 1 aromatic carbocycles. The van der Waals surface area contributed by atoms with Crippen LogP contribution in [0.4, 0.5) is 0 Å². The van der Waals surface area contributed by atoms with E-state index >= 15 is 0 Å². The lowest BCUT2D eigenvalue weighted by Gasteiger charge is -2.27. The highest BCUT2D eigenvalue weighted by molar-refractivity contribution is 6.01. The predicted molar refractivity (Wildman–Crippen MR) is 88.5 cm³/mol. The van der Waals surface area contributed by atoms with Gasteiger partial charge in [0, 0.05) is 30.6 Å². The smallest absolute Gasteiger partial charge is 0.168 e. The number of methoxy groups -OCH3 is 1. The Bertz CT molecular complexity index is 551. The Labute approximate surface area is 132 Å². The maximum atomic E-state index is 12.2. The van der Waals surface area contributed by atoms with Crippen molar-refractivity contribution < 1.29 is 14.3 Å². The molecule has 1 fully saturated rings. The standard InChI is InChI=1S/C18H25NO3/c1-4-10-19-11-9-16(20)15(13-19)12-14-7-6-8-17(21-3)18(14)22-5-2/h6-8,12H,4-5,9-11,13H2,1-3H3/b15-12+. The number of ether oxygens (including phenoxy) is 2. The minimum absolute atomic E-state index is 0.234. The molecule has 0 unspecified atom stereocenters. The number of carbonyl (C=O) groups excluding carboxylic acids is 1. The van der Waals surface area contributed by atoms with E-state index in [1.165, 1.54) is 0 Å². The summed E-state index contributed by atoms with van der Waals surface area (Å²) in [4.78, 5) is 14.5. The average Bonchev–Trinajstić information content (AvgIpc) is 2.52. The Balaban J connectivity index is 2.32. The van der Waals surface area contributed by atoms with E-state index in [2.05, 4.69) is 11.8 Å². The van der Waals surface area contributed by atoms with Crippen LogP contribution in [0.3, 0.4) is 0 Å². The quantitative estimate of drug-likeness (QED) is 0.757. The van der Waals surface area contributed by atoms with Crippen LogP contribution in [-0.4, -0.2) is 44.0 Å². The van der Waals surface area contributed by atoms with E-state index in [1.807, 2.05) is 31.2 Å². The van der Waals surface area contributed by atoms with Crippen molar-refractivity contribution in [1.82, 2.24) is 4.90 Å². The number of benzene rings is 1. The van der Waals surface area contributed by atoms with Crippen LogP contribution in [0.1, 0.15) is 32.3 Å². The Morgan fingerprint density at radius 1 is 1.32 bits per heavy atom. The van der Waals surface area contributed by atoms with E-state index in [9.17, 15) is 4.79 Å². The Morgan fingerprint density at radius 3 is 2.82 bits per heavy atom. The molecule has 0 bridgehead atoms. The van der Waals surface area contributed by atoms with Crippen molar-refractivity contribution >= 4 is 11.9 Å². The first-order valence-corrected chi connectivity index (χ1v) is 7.95. The first kappa shape index (κ1) is 16.6. The number of hydrogen-bond acceptors (Lipinski definition) is 4. The second-order valence-corrected chi connectivity index (χ2v) is 5.43. The normalized spacial score (nSPS) is 17.8. The lowest BCUT2D eigenvalue weighted by Crippen LogP contribution is -2.36. The van der Waals surface area contributed by atoms with E-state index in [-0.39, 0.29) is 5.78 Å². The summed E-state index contributed by atoms with van der Waals surface area (Å²) in [6, 6.07) is 5.76. The number of rotatable bonds is 6. The third-order valence-electron chi connectivity index (χ3n) is 3.79. The number of piperidine rings is 1. The zero-order chi connectivity index (χ0) is 15.9. The topological polar surface area (TPSA) is 38.8 Å². The van der Waals surface area contributed by atoms with Crippen LogP contribution in [0.2, 0.25) is 0 Å². The molecule has 120 valence electrons. The van der Waals surface area contributed by atoms with E-state index in [0.717, 1.165) is 37.2 Å². The van der Waals surface area contributed by atoms with Gasteiger partial charge in [-0.2, -0.15) is 0 Å². The van der Waals surface area contributed by atoms with Crippen molar-refractivity contribution in [2.45, 2.75) is 26.7 Å². The van der Waals surface area contributed by atoms with E-state index in [1.54, 1.807) is 7.11 Å². The molecule has 0 N–H and O–H groups in total. The summed E-state index contributed by atoms with van der Waals surface area (Å²) in [5, 5.41) is 0. The van der Waals surface area contributed by atoms with Gasteiger partial charge in [0.1, 0.15) is 0 Å². The number of likely N-dealkylation sites (tertiary alicyclic amines) is 1. The summed E-state index contributed by atoms with van der Waals surface area (Å²) >= 11 is 0. The van der Waals surface area contributed by atoms with E-state index in [0.29, 0.717) is 24.5 Å². The highest BCUT2D eigenvalue weighted by atomic mass is 16.5. The van der Waals surface area contributed by atoms with Crippen LogP contribution in [0.25, 0.3) is 6.08 Å². The summed E-state index contributed by atoms with van der Waals surface area (Å²) in [5.74, 6) is 1.64. The fourth-order valence-corrected chi connectivity index (χ4v) is 2.76. The molecule has 0 amide bonds. The molecule has 22 heavy (non-hydrogen) atoms. The fourth-order valence-electron chi connectivity index (χ4n) is 2.76. The van der Waals surface area contributed by atoms with Gasteiger partial charge in [0.15, 0.2) is 17.3 Å². The van der Waals surface area contributed by atoms with Gasteiger partial charge in [0.25, 0.3) is 0 Å². The summed E-state index contributed by atoms with van der Waals surface area (Å²) in [5.41, 5.74) is 1.76. The van der Waals surface area contributed by atoms with Gasteiger partial charge in [-0.05, 0) is 32.0 Å². The van der Waals surface area contributed by atoms with Gasteiger partial charge in [-0.1, -0.05) is 19.1 Å². The van der Waals surface area contributed by atoms with Crippen molar-refractivity contribution in [1.29, 1.82) is 0 Å². The first-order valence-electron chi connectivity index (χ1n) is 7.95. The van der Waals surface area contributed by atoms with Crippen LogP contribution in [0, 0.1) is 0 Å². The summed E-state index contributed by atoms with van der Waals surface area (Å²) in [7, 11) is 1.63. The Hall–Kier alpha value is -1.81. The highest BCUT2D eigenvalue weighted by Gasteiger charge is 2.21. The zero-order valence-corrected chi connectivity index (χ0v) is 13.7. The molecule has 2 rings (SSSR count). The molecule has 1 aliphatic heterocycles. The van der Waals surface area contributed by atoms with Crippen LogP contribution in [0.15, 0.2) is 23.8 Å². The first-order chi connectivity index (χ1) is 10.7. The summed E-state index contributed by atoms with van der Waals surface area (Å²) in [6.45, 7) is 7.27. The molecule has 1 heterocycles. The van der Waals surface area contributed by atoms with E-state index in [4.69, 9.17) is 9.47 Å². The molecule has 1 saturated heterocycles. The molecule has 1 aromatic rings. The molecule has 4 nitrogen and oxygen atoms in total. The van der Waals surface area contributed by atoms with Gasteiger partial charge in [0.2, 0.25) is 0 Å². The molecule has 0 radical (unpaired) electrons. The summed E-state index contributed by atoms with van der Waals surface area (Å²) < 4.78 is 11.1. The third kappa shape index (κ3) is 3.89. The fraction of sp³-hybridized carbons (Fsp3) is 0.500. The van der Waals surface area contributed by atoms with Gasteiger partial charge in [0.05, 0.1) is 13.7 Å². The van der Waals surface area contributed by atoms with Crippen molar-refractivity contribution in [2.75, 3.05) is 33.4 Å². The second kappa shape index (κ2) is 7.99.